The Morgan fingerprint density at radius 3 is 2.57 bits per heavy atom. The van der Waals surface area contributed by atoms with E-state index in [1.165, 1.54) is 4.90 Å². The maximum Gasteiger partial charge on any atom is 0.243 e. The quantitative estimate of drug-likeness (QED) is 0.286. The van der Waals surface area contributed by atoms with Crippen LogP contribution >= 0.6 is 39.9 Å². The van der Waals surface area contributed by atoms with Crippen LogP contribution in [0.15, 0.2) is 46.4 Å². The Bertz CT molecular complexity index is 549. The van der Waals surface area contributed by atoms with Gasteiger partial charge in [-0.25, -0.2) is 4.99 Å². The van der Waals surface area contributed by atoms with Crippen LogP contribution in [0.2, 0.25) is 0 Å². The lowest BCUT2D eigenvalue weighted by molar-refractivity contribution is -0.127. The second-order valence-electron chi connectivity index (χ2n) is 5.05. The Morgan fingerprint density at radius 2 is 2.00 bits per heavy atom. The lowest BCUT2D eigenvalue weighted by atomic mass is 10.2. The molecule has 1 rings (SSSR count). The molecule has 0 heterocycles. The van der Waals surface area contributed by atoms with E-state index in [2.05, 4.69) is 38.9 Å². The number of halogens is 2. The number of benzene rings is 1. The molecule has 0 aliphatic carbocycles. The molecular weight excluding hydrogens is 471 g/mol. The highest BCUT2D eigenvalue weighted by Gasteiger charge is 2.10. The van der Waals surface area contributed by atoms with Crippen molar-refractivity contribution in [2.24, 2.45) is 4.99 Å². The molecule has 0 spiro atoms. The molecule has 0 bridgehead atoms. The zero-order valence-corrected chi connectivity index (χ0v) is 17.7. The van der Waals surface area contributed by atoms with E-state index in [0.29, 0.717) is 19.0 Å². The van der Waals surface area contributed by atoms with Gasteiger partial charge in [0.1, 0.15) is 6.54 Å². The number of aliphatic imine (C=N–C) groups is 1. The summed E-state index contributed by atoms with van der Waals surface area (Å²) < 4.78 is 1.05. The van der Waals surface area contributed by atoms with E-state index in [0.717, 1.165) is 10.0 Å². The Kier molecular flexibility index (Phi) is 10.9. The third-order valence-corrected chi connectivity index (χ3v) is 3.77. The molecule has 5 nitrogen and oxygen atoms in total. The number of amides is 1. The highest BCUT2D eigenvalue weighted by Crippen LogP contribution is 2.17. The lowest BCUT2D eigenvalue weighted by Gasteiger charge is -2.23. The highest BCUT2D eigenvalue weighted by atomic mass is 127. The van der Waals surface area contributed by atoms with Crippen LogP contribution in [-0.2, 0) is 11.3 Å². The van der Waals surface area contributed by atoms with Crippen LogP contribution in [0.1, 0.15) is 5.56 Å². The Balaban J connectivity index is 0.00000484. The highest BCUT2D eigenvalue weighted by molar-refractivity contribution is 14.0. The van der Waals surface area contributed by atoms with Crippen LogP contribution in [-0.4, -0.2) is 55.9 Å². The number of carbonyl (C=O) groups is 1. The third-order valence-electron chi connectivity index (χ3n) is 2.99. The second-order valence-corrected chi connectivity index (χ2v) is 5.90. The summed E-state index contributed by atoms with van der Waals surface area (Å²) in [5.41, 5.74) is 1.15. The van der Waals surface area contributed by atoms with E-state index >= 15 is 0 Å². The van der Waals surface area contributed by atoms with Gasteiger partial charge in [0.05, 0.1) is 0 Å². The third kappa shape index (κ3) is 7.83. The van der Waals surface area contributed by atoms with E-state index in [-0.39, 0.29) is 36.4 Å². The zero-order chi connectivity index (χ0) is 16.5. The summed E-state index contributed by atoms with van der Waals surface area (Å²) in [6, 6.07) is 8.04. The normalized spacial score (nSPS) is 10.5. The van der Waals surface area contributed by atoms with Gasteiger partial charge < -0.3 is 15.1 Å². The van der Waals surface area contributed by atoms with Crippen LogP contribution in [0.4, 0.5) is 0 Å². The maximum atomic E-state index is 11.7. The zero-order valence-electron chi connectivity index (χ0n) is 13.8. The molecule has 0 aliphatic heterocycles. The molecule has 0 fully saturated rings. The largest absolute Gasteiger partial charge is 0.353 e. The summed E-state index contributed by atoms with van der Waals surface area (Å²) in [5.74, 6) is 0.637. The number of hydrogen-bond acceptors (Lipinski definition) is 2. The smallest absolute Gasteiger partial charge is 0.243 e. The molecule has 0 atom stereocenters. The summed E-state index contributed by atoms with van der Waals surface area (Å²) in [7, 11) is 5.38. The number of nitrogens with zero attached hydrogens (tertiary/aromatic N) is 3. The predicted molar refractivity (Wildman–Crippen MR) is 110 cm³/mol. The molecule has 128 valence electrons. The van der Waals surface area contributed by atoms with Gasteiger partial charge in [0.2, 0.25) is 5.91 Å². The standard InChI is InChI=1S/C16H23BrN4O.HI/c1-5-10-18-16(19-11-15(22)20(2)3)21(4)12-13-8-6-7-9-14(13)17;/h5-9H,1,10-12H2,2-4H3,(H,18,19);1H. The summed E-state index contributed by atoms with van der Waals surface area (Å²) in [6.07, 6.45) is 1.76. The summed E-state index contributed by atoms with van der Waals surface area (Å²) >= 11 is 3.54. The molecule has 0 aromatic heterocycles. The minimum absolute atomic E-state index is 0. The van der Waals surface area contributed by atoms with E-state index in [9.17, 15) is 4.79 Å². The monoisotopic (exact) mass is 494 g/mol. The van der Waals surface area contributed by atoms with E-state index in [1.54, 1.807) is 20.2 Å². The van der Waals surface area contributed by atoms with E-state index in [4.69, 9.17) is 0 Å². The molecular formula is C16H24BrIN4O. The lowest BCUT2D eigenvalue weighted by Crippen LogP contribution is -2.39. The van der Waals surface area contributed by atoms with Gasteiger partial charge in [-0.15, -0.1) is 30.6 Å². The number of hydrogen-bond donors (Lipinski definition) is 1. The first-order valence-electron chi connectivity index (χ1n) is 6.99. The van der Waals surface area contributed by atoms with Crippen LogP contribution in [0.5, 0.6) is 0 Å². The Labute approximate surface area is 164 Å². The fourth-order valence-corrected chi connectivity index (χ4v) is 2.13. The van der Waals surface area contributed by atoms with Crippen LogP contribution < -0.4 is 5.32 Å². The Morgan fingerprint density at radius 1 is 1.35 bits per heavy atom. The van der Waals surface area contributed by atoms with E-state index in [1.807, 2.05) is 30.1 Å². The number of rotatable bonds is 6. The summed E-state index contributed by atoms with van der Waals surface area (Å²) in [5, 5.41) is 3.18. The number of guanidine groups is 1. The molecule has 1 N–H and O–H groups in total. The van der Waals surface area contributed by atoms with Crippen LogP contribution in [0.25, 0.3) is 0 Å². The van der Waals surface area contributed by atoms with Crippen molar-refractivity contribution in [2.45, 2.75) is 6.54 Å². The maximum absolute atomic E-state index is 11.7. The van der Waals surface area contributed by atoms with Crippen LogP contribution in [0, 0.1) is 0 Å². The first-order valence-corrected chi connectivity index (χ1v) is 7.79. The molecule has 0 saturated heterocycles. The topological polar surface area (TPSA) is 47.9 Å². The average Bonchev–Trinajstić information content (AvgIpc) is 2.49. The first-order chi connectivity index (χ1) is 10.5. The molecule has 1 aromatic rings. The van der Waals surface area contributed by atoms with Gasteiger partial charge in [-0.2, -0.15) is 0 Å². The minimum atomic E-state index is -0.0350. The van der Waals surface area contributed by atoms with Crippen molar-refractivity contribution in [1.82, 2.24) is 15.1 Å². The van der Waals surface area contributed by atoms with Crippen molar-refractivity contribution < 1.29 is 4.79 Å². The minimum Gasteiger partial charge on any atom is -0.353 e. The van der Waals surface area contributed by atoms with Crippen LogP contribution in [0.3, 0.4) is 0 Å². The van der Waals surface area contributed by atoms with Gasteiger partial charge >= 0.3 is 0 Å². The van der Waals surface area contributed by atoms with E-state index < -0.39 is 0 Å². The molecule has 0 saturated carbocycles. The van der Waals surface area contributed by atoms with Crippen molar-refractivity contribution in [3.05, 3.63) is 47.0 Å². The van der Waals surface area contributed by atoms with Gasteiger partial charge in [0, 0.05) is 38.7 Å². The van der Waals surface area contributed by atoms with Crippen molar-refractivity contribution in [3.63, 3.8) is 0 Å². The molecule has 1 aromatic carbocycles. The SMILES string of the molecule is C=CCNC(=NCC(=O)N(C)C)N(C)Cc1ccccc1Br.I. The van der Waals surface area contributed by atoms with Crippen molar-refractivity contribution in [1.29, 1.82) is 0 Å². The molecule has 0 unspecified atom stereocenters. The first kappa shape index (κ1) is 21.9. The van der Waals surface area contributed by atoms with Gasteiger partial charge in [-0.1, -0.05) is 40.2 Å². The van der Waals surface area contributed by atoms with Gasteiger partial charge in [0.25, 0.3) is 0 Å². The molecule has 0 radical (unpaired) electrons. The molecule has 7 heteroatoms. The van der Waals surface area contributed by atoms with Crippen molar-refractivity contribution in [3.8, 4) is 0 Å². The number of nitrogens with one attached hydrogen (secondary N) is 1. The van der Waals surface area contributed by atoms with Gasteiger partial charge in [0.15, 0.2) is 5.96 Å². The number of likely N-dealkylation sites (N-methyl/N-ethyl adjacent to an activating group) is 1. The van der Waals surface area contributed by atoms with Crippen molar-refractivity contribution >= 4 is 51.8 Å². The average molecular weight is 495 g/mol. The molecule has 0 aliphatic rings. The van der Waals surface area contributed by atoms with Gasteiger partial charge in [-0.05, 0) is 11.6 Å². The Hall–Kier alpha value is -1.09. The fraction of sp³-hybridized carbons (Fsp3) is 0.375. The number of carbonyl (C=O) groups excluding carboxylic acids is 1. The molecule has 1 amide bonds. The van der Waals surface area contributed by atoms with Gasteiger partial charge in [-0.3, -0.25) is 4.79 Å². The molecule has 23 heavy (non-hydrogen) atoms. The predicted octanol–water partition coefficient (Wildman–Crippen LogP) is 2.72. The summed E-state index contributed by atoms with van der Waals surface area (Å²) in [4.78, 5) is 19.6. The summed E-state index contributed by atoms with van der Waals surface area (Å²) in [6.45, 7) is 5.09. The van der Waals surface area contributed by atoms with Crippen molar-refractivity contribution in [2.75, 3.05) is 34.2 Å². The fourth-order valence-electron chi connectivity index (χ4n) is 1.72. The second kappa shape index (κ2) is 11.4.